The van der Waals surface area contributed by atoms with E-state index in [0.717, 1.165) is 19.3 Å². The summed E-state index contributed by atoms with van der Waals surface area (Å²) in [5.74, 6) is -0.202. The highest BCUT2D eigenvalue weighted by Crippen LogP contribution is 2.37. The van der Waals surface area contributed by atoms with Crippen molar-refractivity contribution in [3.63, 3.8) is 0 Å². The van der Waals surface area contributed by atoms with Gasteiger partial charge in [0.25, 0.3) is 0 Å². The van der Waals surface area contributed by atoms with Gasteiger partial charge in [0.1, 0.15) is 5.82 Å². The molecule has 1 nitrogen and oxygen atoms in total. The van der Waals surface area contributed by atoms with Gasteiger partial charge in [0, 0.05) is 5.02 Å². The molecule has 0 aliphatic heterocycles. The van der Waals surface area contributed by atoms with Crippen molar-refractivity contribution in [2.24, 2.45) is 5.92 Å². The van der Waals surface area contributed by atoms with Crippen molar-refractivity contribution in [2.45, 2.75) is 32.3 Å². The summed E-state index contributed by atoms with van der Waals surface area (Å²) in [6.07, 6.45) is 2.08. The van der Waals surface area contributed by atoms with Gasteiger partial charge in [-0.05, 0) is 66.5 Å². The largest absolute Gasteiger partial charge is 0.388 e. The van der Waals surface area contributed by atoms with Gasteiger partial charge in [0.2, 0.25) is 0 Å². The summed E-state index contributed by atoms with van der Waals surface area (Å²) in [6, 6.07) is 11.3. The highest BCUT2D eigenvalue weighted by molar-refractivity contribution is 6.31. The number of aliphatic hydroxyl groups is 1. The molecule has 3 rings (SSSR count). The minimum Gasteiger partial charge on any atom is -0.388 e. The highest BCUT2D eigenvalue weighted by Gasteiger charge is 2.27. The molecule has 0 radical (unpaired) electrons. The van der Waals surface area contributed by atoms with Gasteiger partial charge in [0.05, 0.1) is 6.10 Å². The molecule has 0 heterocycles. The summed E-state index contributed by atoms with van der Waals surface area (Å²) in [6.45, 7) is 1.69. The Kier molecular flexibility index (Phi) is 4.01. The van der Waals surface area contributed by atoms with Crippen LogP contribution >= 0.6 is 11.6 Å². The first-order valence-corrected chi connectivity index (χ1v) is 7.64. The van der Waals surface area contributed by atoms with Crippen LogP contribution in [0.25, 0.3) is 0 Å². The zero-order chi connectivity index (χ0) is 15.0. The van der Waals surface area contributed by atoms with E-state index in [1.165, 1.54) is 17.2 Å². The molecule has 1 N–H and O–H groups in total. The van der Waals surface area contributed by atoms with Crippen molar-refractivity contribution in [3.8, 4) is 0 Å². The maximum Gasteiger partial charge on any atom is 0.127 e. The molecule has 2 aromatic carbocycles. The van der Waals surface area contributed by atoms with E-state index in [0.29, 0.717) is 16.1 Å². The van der Waals surface area contributed by atoms with E-state index in [-0.39, 0.29) is 11.7 Å². The molecule has 0 spiro atoms. The van der Waals surface area contributed by atoms with E-state index in [4.69, 9.17) is 11.6 Å². The van der Waals surface area contributed by atoms with Crippen LogP contribution in [0.3, 0.4) is 0 Å². The molecule has 0 aromatic heterocycles. The molecule has 2 unspecified atom stereocenters. The van der Waals surface area contributed by atoms with Crippen molar-refractivity contribution >= 4 is 11.6 Å². The molecule has 3 heteroatoms. The number of benzene rings is 2. The summed E-state index contributed by atoms with van der Waals surface area (Å²) < 4.78 is 13.5. The lowest BCUT2D eigenvalue weighted by molar-refractivity contribution is 0.0995. The number of aryl methyl sites for hydroxylation is 2. The SMILES string of the molecule is Cc1cc(C(O)C2CCc3ccccc3C2)c(Cl)cc1F. The molecule has 2 atom stereocenters. The van der Waals surface area contributed by atoms with Crippen molar-refractivity contribution in [3.05, 3.63) is 69.5 Å². The fraction of sp³-hybridized carbons (Fsp3) is 0.333. The number of fused-ring (bicyclic) bond motifs is 1. The monoisotopic (exact) mass is 304 g/mol. The quantitative estimate of drug-likeness (QED) is 0.858. The number of rotatable bonds is 2. The highest BCUT2D eigenvalue weighted by atomic mass is 35.5. The molecule has 0 saturated heterocycles. The predicted molar refractivity (Wildman–Crippen MR) is 83.1 cm³/mol. The van der Waals surface area contributed by atoms with Gasteiger partial charge < -0.3 is 5.11 Å². The van der Waals surface area contributed by atoms with Gasteiger partial charge in [0.15, 0.2) is 0 Å². The Morgan fingerprint density at radius 1 is 1.24 bits per heavy atom. The van der Waals surface area contributed by atoms with E-state index in [1.54, 1.807) is 13.0 Å². The van der Waals surface area contributed by atoms with E-state index in [1.807, 2.05) is 6.07 Å². The second-order valence-corrected chi connectivity index (χ2v) is 6.25. The van der Waals surface area contributed by atoms with Gasteiger partial charge in [-0.1, -0.05) is 35.9 Å². The van der Waals surface area contributed by atoms with Crippen LogP contribution in [-0.4, -0.2) is 5.11 Å². The Labute approximate surface area is 129 Å². The van der Waals surface area contributed by atoms with Gasteiger partial charge in [-0.15, -0.1) is 0 Å². The third-order valence-electron chi connectivity index (χ3n) is 4.43. The smallest absolute Gasteiger partial charge is 0.127 e. The van der Waals surface area contributed by atoms with Crippen LogP contribution in [-0.2, 0) is 12.8 Å². The fourth-order valence-electron chi connectivity index (χ4n) is 3.16. The predicted octanol–water partition coefficient (Wildman–Crippen LogP) is 4.63. The van der Waals surface area contributed by atoms with Crippen LogP contribution in [0.15, 0.2) is 36.4 Å². The third kappa shape index (κ3) is 2.83. The van der Waals surface area contributed by atoms with Crippen molar-refractivity contribution in [1.82, 2.24) is 0 Å². The summed E-state index contributed by atoms with van der Waals surface area (Å²) in [5, 5.41) is 11.0. The first kappa shape index (κ1) is 14.6. The summed E-state index contributed by atoms with van der Waals surface area (Å²) in [5.41, 5.74) is 3.81. The van der Waals surface area contributed by atoms with Crippen LogP contribution in [0, 0.1) is 18.7 Å². The van der Waals surface area contributed by atoms with Gasteiger partial charge in [-0.3, -0.25) is 0 Å². The Morgan fingerprint density at radius 3 is 2.71 bits per heavy atom. The lowest BCUT2D eigenvalue weighted by Gasteiger charge is -2.29. The van der Waals surface area contributed by atoms with Crippen LogP contribution in [0.2, 0.25) is 5.02 Å². The van der Waals surface area contributed by atoms with Crippen molar-refractivity contribution in [1.29, 1.82) is 0 Å². The molecule has 21 heavy (non-hydrogen) atoms. The molecule has 1 aliphatic carbocycles. The molecule has 0 bridgehead atoms. The standard InChI is InChI=1S/C18H18ClFO/c1-11-8-15(16(19)10-17(11)20)18(21)14-7-6-12-4-2-3-5-13(12)9-14/h2-5,8,10,14,18,21H,6-7,9H2,1H3. The average Bonchev–Trinajstić information content (AvgIpc) is 2.50. The van der Waals surface area contributed by atoms with E-state index >= 15 is 0 Å². The van der Waals surface area contributed by atoms with Gasteiger partial charge in [-0.2, -0.15) is 0 Å². The molecule has 0 amide bonds. The first-order valence-electron chi connectivity index (χ1n) is 7.26. The molecule has 0 saturated carbocycles. The lowest BCUT2D eigenvalue weighted by Crippen LogP contribution is -2.21. The summed E-state index contributed by atoms with van der Waals surface area (Å²) in [7, 11) is 0. The Balaban J connectivity index is 1.87. The second kappa shape index (κ2) is 5.78. The fourth-order valence-corrected chi connectivity index (χ4v) is 3.42. The maximum absolute atomic E-state index is 13.5. The Morgan fingerprint density at radius 2 is 1.95 bits per heavy atom. The Hall–Kier alpha value is -1.38. The van der Waals surface area contributed by atoms with Crippen molar-refractivity contribution < 1.29 is 9.50 Å². The topological polar surface area (TPSA) is 20.2 Å². The second-order valence-electron chi connectivity index (χ2n) is 5.84. The minimum absolute atomic E-state index is 0.127. The number of hydrogen-bond acceptors (Lipinski definition) is 1. The van der Waals surface area contributed by atoms with E-state index in [2.05, 4.69) is 18.2 Å². The number of halogens is 2. The zero-order valence-electron chi connectivity index (χ0n) is 11.9. The summed E-state index contributed by atoms with van der Waals surface area (Å²) >= 11 is 6.12. The number of aliphatic hydroxyl groups excluding tert-OH is 1. The van der Waals surface area contributed by atoms with Crippen LogP contribution in [0.1, 0.15) is 34.8 Å². The number of hydrogen-bond donors (Lipinski definition) is 1. The molecule has 0 fully saturated rings. The van der Waals surface area contributed by atoms with Gasteiger partial charge in [-0.25, -0.2) is 4.39 Å². The van der Waals surface area contributed by atoms with Crippen LogP contribution in [0.4, 0.5) is 4.39 Å². The average molecular weight is 305 g/mol. The van der Waals surface area contributed by atoms with Crippen molar-refractivity contribution in [2.75, 3.05) is 0 Å². The molecule has 110 valence electrons. The molecular formula is C18H18ClFO. The van der Waals surface area contributed by atoms with Crippen LogP contribution in [0.5, 0.6) is 0 Å². The normalized spacial score (nSPS) is 19.1. The van der Waals surface area contributed by atoms with Crippen LogP contribution < -0.4 is 0 Å². The lowest BCUT2D eigenvalue weighted by atomic mass is 9.79. The zero-order valence-corrected chi connectivity index (χ0v) is 12.7. The Bertz CT molecular complexity index is 668. The van der Waals surface area contributed by atoms with E-state index in [9.17, 15) is 9.50 Å². The molecule has 2 aromatic rings. The van der Waals surface area contributed by atoms with Gasteiger partial charge >= 0.3 is 0 Å². The molecule has 1 aliphatic rings. The summed E-state index contributed by atoms with van der Waals surface area (Å²) in [4.78, 5) is 0. The minimum atomic E-state index is -0.648. The maximum atomic E-state index is 13.5. The van der Waals surface area contributed by atoms with E-state index < -0.39 is 6.10 Å². The first-order chi connectivity index (χ1) is 10.1. The molecular weight excluding hydrogens is 287 g/mol. The third-order valence-corrected chi connectivity index (χ3v) is 4.76.